The van der Waals surface area contributed by atoms with Gasteiger partial charge in [0, 0.05) is 25.7 Å². The molecule has 0 aliphatic rings. The molecule has 0 bridgehead atoms. The number of rotatable bonds is 4. The number of imidazole rings is 1. The van der Waals surface area contributed by atoms with Crippen LogP contribution < -0.4 is 11.0 Å². The minimum atomic E-state index is -0.0701. The van der Waals surface area contributed by atoms with E-state index in [0.29, 0.717) is 11.6 Å². The van der Waals surface area contributed by atoms with Crippen LogP contribution >= 0.6 is 11.6 Å². The molecule has 2 aromatic carbocycles. The van der Waals surface area contributed by atoms with Crippen molar-refractivity contribution in [1.29, 1.82) is 0 Å². The molecule has 0 fully saturated rings. The molecule has 0 radical (unpaired) electrons. The van der Waals surface area contributed by atoms with E-state index in [2.05, 4.69) is 5.32 Å². The van der Waals surface area contributed by atoms with Gasteiger partial charge in [0.2, 0.25) is 5.91 Å². The molecule has 3 rings (SSSR count). The smallest absolute Gasteiger partial charge is 0.328 e. The highest BCUT2D eigenvalue weighted by atomic mass is 35.5. The fourth-order valence-corrected chi connectivity index (χ4v) is 2.97. The van der Waals surface area contributed by atoms with E-state index >= 15 is 0 Å². The van der Waals surface area contributed by atoms with Crippen molar-refractivity contribution in [2.45, 2.75) is 13.0 Å². The lowest BCUT2D eigenvalue weighted by Gasteiger charge is -2.07. The molecule has 6 heteroatoms. The van der Waals surface area contributed by atoms with E-state index in [1.807, 2.05) is 30.3 Å². The van der Waals surface area contributed by atoms with Gasteiger partial charge in [-0.15, -0.1) is 0 Å². The van der Waals surface area contributed by atoms with Gasteiger partial charge < -0.3 is 5.32 Å². The molecule has 1 heterocycles. The fraction of sp³-hybridized carbons (Fsp3) is 0.222. The number of benzene rings is 2. The molecule has 0 saturated heterocycles. The summed E-state index contributed by atoms with van der Waals surface area (Å²) >= 11 is 5.92. The van der Waals surface area contributed by atoms with Gasteiger partial charge in [-0.05, 0) is 35.4 Å². The minimum absolute atomic E-state index is 0.0628. The van der Waals surface area contributed by atoms with E-state index in [9.17, 15) is 9.59 Å². The number of carbonyl (C=O) groups is 1. The van der Waals surface area contributed by atoms with E-state index < -0.39 is 0 Å². The van der Waals surface area contributed by atoms with Crippen molar-refractivity contribution in [2.75, 3.05) is 0 Å². The summed E-state index contributed by atoms with van der Waals surface area (Å²) < 4.78 is 3.21. The van der Waals surface area contributed by atoms with Crippen molar-refractivity contribution in [3.63, 3.8) is 0 Å². The maximum atomic E-state index is 12.1. The van der Waals surface area contributed by atoms with Gasteiger partial charge in [0.25, 0.3) is 0 Å². The molecule has 0 spiro atoms. The van der Waals surface area contributed by atoms with Crippen molar-refractivity contribution in [3.05, 3.63) is 69.1 Å². The van der Waals surface area contributed by atoms with Crippen molar-refractivity contribution in [2.24, 2.45) is 14.1 Å². The molecule has 0 aliphatic heterocycles. The van der Waals surface area contributed by atoms with E-state index in [0.717, 1.165) is 22.2 Å². The SMILES string of the molecule is Cn1c(=O)n(C)c2cc(CNC(=O)Cc3cccc(Cl)c3)ccc21. The van der Waals surface area contributed by atoms with Gasteiger partial charge in [-0.1, -0.05) is 29.8 Å². The molecule has 1 aromatic heterocycles. The molecule has 1 amide bonds. The van der Waals surface area contributed by atoms with Gasteiger partial charge in [-0.3, -0.25) is 13.9 Å². The second-order valence-corrected chi connectivity index (χ2v) is 6.24. The zero-order valence-corrected chi connectivity index (χ0v) is 14.3. The number of aromatic nitrogens is 2. The van der Waals surface area contributed by atoms with Gasteiger partial charge in [0.05, 0.1) is 17.5 Å². The van der Waals surface area contributed by atoms with Crippen molar-refractivity contribution in [1.82, 2.24) is 14.5 Å². The number of hydrogen-bond acceptors (Lipinski definition) is 2. The molecule has 1 N–H and O–H groups in total. The monoisotopic (exact) mass is 343 g/mol. The molecule has 124 valence electrons. The van der Waals surface area contributed by atoms with Crippen LogP contribution in [0.2, 0.25) is 5.02 Å². The van der Waals surface area contributed by atoms with Crippen LogP contribution in [0.3, 0.4) is 0 Å². The van der Waals surface area contributed by atoms with Crippen molar-refractivity contribution >= 4 is 28.5 Å². The average molecular weight is 344 g/mol. The molecule has 0 saturated carbocycles. The predicted molar refractivity (Wildman–Crippen MR) is 95.2 cm³/mol. The maximum absolute atomic E-state index is 12.1. The molecule has 24 heavy (non-hydrogen) atoms. The lowest BCUT2D eigenvalue weighted by molar-refractivity contribution is -0.120. The standard InChI is InChI=1S/C18H18ClN3O2/c1-21-15-7-6-13(9-16(15)22(2)18(21)24)11-20-17(23)10-12-4-3-5-14(19)8-12/h3-9H,10-11H2,1-2H3,(H,20,23). The Balaban J connectivity index is 1.70. The Morgan fingerprint density at radius 2 is 1.79 bits per heavy atom. The largest absolute Gasteiger partial charge is 0.352 e. The number of halogens is 1. The lowest BCUT2D eigenvalue weighted by Crippen LogP contribution is -2.24. The van der Waals surface area contributed by atoms with E-state index in [-0.39, 0.29) is 18.0 Å². The van der Waals surface area contributed by atoms with Crippen LogP contribution in [0.25, 0.3) is 11.0 Å². The summed E-state index contributed by atoms with van der Waals surface area (Å²) in [6.07, 6.45) is 0.284. The molecule has 5 nitrogen and oxygen atoms in total. The summed E-state index contributed by atoms with van der Waals surface area (Å²) in [4.78, 5) is 24.0. The second-order valence-electron chi connectivity index (χ2n) is 5.81. The first-order chi connectivity index (χ1) is 11.5. The van der Waals surface area contributed by atoms with Gasteiger partial charge in [-0.2, -0.15) is 0 Å². The number of fused-ring (bicyclic) bond motifs is 1. The van der Waals surface area contributed by atoms with Crippen LogP contribution in [-0.4, -0.2) is 15.0 Å². The summed E-state index contributed by atoms with van der Waals surface area (Å²) in [7, 11) is 3.49. The second kappa shape index (κ2) is 6.53. The van der Waals surface area contributed by atoms with Crippen LogP contribution in [-0.2, 0) is 31.9 Å². The number of hydrogen-bond donors (Lipinski definition) is 1. The molecular weight excluding hydrogens is 326 g/mol. The Morgan fingerprint density at radius 1 is 1.04 bits per heavy atom. The molecule has 0 atom stereocenters. The zero-order valence-electron chi connectivity index (χ0n) is 13.5. The lowest BCUT2D eigenvalue weighted by atomic mass is 10.1. The van der Waals surface area contributed by atoms with E-state index in [1.54, 1.807) is 35.4 Å². The summed E-state index contributed by atoms with van der Waals surface area (Å²) in [5.74, 6) is -0.0701. The Kier molecular flexibility index (Phi) is 4.44. The zero-order chi connectivity index (χ0) is 17.3. The number of carbonyl (C=O) groups excluding carboxylic acids is 1. The summed E-state index contributed by atoms with van der Waals surface area (Å²) in [6, 6.07) is 13.0. The molecular formula is C18H18ClN3O2. The summed E-state index contributed by atoms with van der Waals surface area (Å²) in [5, 5.41) is 3.52. The predicted octanol–water partition coefficient (Wildman–Crippen LogP) is 2.39. The number of nitrogens with zero attached hydrogens (tertiary/aromatic N) is 2. The Labute approximate surface area is 144 Å². The third-order valence-corrected chi connectivity index (χ3v) is 4.31. The first-order valence-electron chi connectivity index (χ1n) is 7.61. The third-order valence-electron chi connectivity index (χ3n) is 4.08. The summed E-state index contributed by atoms with van der Waals surface area (Å²) in [6.45, 7) is 0.415. The van der Waals surface area contributed by atoms with Crippen molar-refractivity contribution in [3.8, 4) is 0 Å². The minimum Gasteiger partial charge on any atom is -0.352 e. The number of nitrogens with one attached hydrogen (secondary N) is 1. The van der Waals surface area contributed by atoms with Gasteiger partial charge in [0.15, 0.2) is 0 Å². The highest BCUT2D eigenvalue weighted by molar-refractivity contribution is 6.30. The number of aryl methyl sites for hydroxylation is 2. The van der Waals surface area contributed by atoms with Crippen LogP contribution in [0, 0.1) is 0 Å². The Hall–Kier alpha value is -2.53. The van der Waals surface area contributed by atoms with Crippen LogP contribution in [0.15, 0.2) is 47.3 Å². The van der Waals surface area contributed by atoms with E-state index in [4.69, 9.17) is 11.6 Å². The average Bonchev–Trinajstić information content (AvgIpc) is 2.77. The maximum Gasteiger partial charge on any atom is 0.328 e. The highest BCUT2D eigenvalue weighted by Crippen LogP contribution is 2.14. The molecule has 3 aromatic rings. The first kappa shape index (κ1) is 16.3. The summed E-state index contributed by atoms with van der Waals surface area (Å²) in [5.41, 5.74) is 3.48. The normalized spacial score (nSPS) is 11.0. The topological polar surface area (TPSA) is 56.0 Å². The van der Waals surface area contributed by atoms with Crippen LogP contribution in [0.5, 0.6) is 0 Å². The fourth-order valence-electron chi connectivity index (χ4n) is 2.76. The van der Waals surface area contributed by atoms with E-state index in [1.165, 1.54) is 0 Å². The molecule has 0 aliphatic carbocycles. The quantitative estimate of drug-likeness (QED) is 0.790. The Morgan fingerprint density at radius 3 is 2.54 bits per heavy atom. The van der Waals surface area contributed by atoms with Crippen molar-refractivity contribution < 1.29 is 4.79 Å². The van der Waals surface area contributed by atoms with Crippen LogP contribution in [0.4, 0.5) is 0 Å². The molecule has 0 unspecified atom stereocenters. The van der Waals surface area contributed by atoms with Crippen LogP contribution in [0.1, 0.15) is 11.1 Å². The third kappa shape index (κ3) is 3.21. The number of amides is 1. The Bertz CT molecular complexity index is 972. The first-order valence-corrected chi connectivity index (χ1v) is 7.99. The van der Waals surface area contributed by atoms with Gasteiger partial charge >= 0.3 is 5.69 Å². The van der Waals surface area contributed by atoms with Gasteiger partial charge in [0.1, 0.15) is 0 Å². The van der Waals surface area contributed by atoms with Gasteiger partial charge in [-0.25, -0.2) is 4.79 Å². The highest BCUT2D eigenvalue weighted by Gasteiger charge is 2.09.